The van der Waals surface area contributed by atoms with Crippen LogP contribution >= 0.6 is 0 Å². The zero-order chi connectivity index (χ0) is 20.4. The molecule has 1 saturated heterocycles. The van der Waals surface area contributed by atoms with Crippen molar-refractivity contribution in [1.29, 1.82) is 0 Å². The van der Waals surface area contributed by atoms with E-state index in [0.29, 0.717) is 42.9 Å². The van der Waals surface area contributed by atoms with Crippen LogP contribution < -0.4 is 0 Å². The fourth-order valence-corrected chi connectivity index (χ4v) is 4.09. The first kappa shape index (κ1) is 19.6. The Morgan fingerprint density at radius 2 is 2.17 bits per heavy atom. The number of amides is 1. The van der Waals surface area contributed by atoms with Crippen LogP contribution in [0.3, 0.4) is 0 Å². The standard InChI is InChI=1S/C22H25FN2O4/c1-2-28-21(27)22(9-4-10-25(14-22)20(26)15-7-8-15)13-18-12-19(24-29-18)16-5-3-6-17(23)11-16/h3,5-6,11-12,15H,2,4,7-10,13-14H2,1H3. The Bertz CT molecular complexity index is 908. The molecular formula is C22H25FN2O4. The van der Waals surface area contributed by atoms with Crippen LogP contribution in [0.1, 0.15) is 38.4 Å². The molecule has 2 aromatic rings. The van der Waals surface area contributed by atoms with Gasteiger partial charge in [0.15, 0.2) is 0 Å². The van der Waals surface area contributed by atoms with Gasteiger partial charge in [0.1, 0.15) is 17.3 Å². The molecule has 4 rings (SSSR count). The van der Waals surface area contributed by atoms with Gasteiger partial charge in [0, 0.05) is 37.1 Å². The third-order valence-corrected chi connectivity index (χ3v) is 5.72. The Morgan fingerprint density at radius 1 is 1.34 bits per heavy atom. The maximum atomic E-state index is 13.5. The fourth-order valence-electron chi connectivity index (χ4n) is 4.09. The average Bonchev–Trinajstić information content (AvgIpc) is 3.47. The molecule has 29 heavy (non-hydrogen) atoms. The van der Waals surface area contributed by atoms with Gasteiger partial charge in [0.25, 0.3) is 0 Å². The van der Waals surface area contributed by atoms with Gasteiger partial charge in [0.2, 0.25) is 5.91 Å². The Hall–Kier alpha value is -2.70. The molecule has 1 aromatic carbocycles. The smallest absolute Gasteiger partial charge is 0.314 e. The van der Waals surface area contributed by atoms with Gasteiger partial charge >= 0.3 is 5.97 Å². The van der Waals surface area contributed by atoms with Gasteiger partial charge in [-0.2, -0.15) is 0 Å². The number of rotatable bonds is 6. The van der Waals surface area contributed by atoms with Crippen molar-refractivity contribution in [3.8, 4) is 11.3 Å². The number of likely N-dealkylation sites (tertiary alicyclic amines) is 1. The van der Waals surface area contributed by atoms with Crippen LogP contribution in [0.2, 0.25) is 0 Å². The molecule has 1 atom stereocenters. The number of esters is 1. The summed E-state index contributed by atoms with van der Waals surface area (Å²) in [5.41, 5.74) is 0.275. The second-order valence-electron chi connectivity index (χ2n) is 8.00. The molecule has 2 fully saturated rings. The Morgan fingerprint density at radius 3 is 2.90 bits per heavy atom. The van der Waals surface area contributed by atoms with Crippen molar-refractivity contribution in [2.45, 2.75) is 39.0 Å². The molecular weight excluding hydrogens is 375 g/mol. The molecule has 1 aromatic heterocycles. The third kappa shape index (κ3) is 4.18. The lowest BCUT2D eigenvalue weighted by Gasteiger charge is -2.40. The highest BCUT2D eigenvalue weighted by Gasteiger charge is 2.47. The summed E-state index contributed by atoms with van der Waals surface area (Å²) in [6.45, 7) is 3.05. The minimum Gasteiger partial charge on any atom is -0.466 e. The van der Waals surface area contributed by atoms with Crippen molar-refractivity contribution < 1.29 is 23.2 Å². The van der Waals surface area contributed by atoms with E-state index in [0.717, 1.165) is 19.3 Å². The summed E-state index contributed by atoms with van der Waals surface area (Å²) in [6, 6.07) is 7.86. The molecule has 0 bridgehead atoms. The number of halogens is 1. The SMILES string of the molecule is CCOC(=O)C1(Cc2cc(-c3cccc(F)c3)no2)CCCN(C(=O)C2CC2)C1. The van der Waals surface area contributed by atoms with Crippen molar-refractivity contribution in [2.75, 3.05) is 19.7 Å². The van der Waals surface area contributed by atoms with Crippen LogP contribution in [0.5, 0.6) is 0 Å². The first-order valence-electron chi connectivity index (χ1n) is 10.2. The van der Waals surface area contributed by atoms with Crippen molar-refractivity contribution >= 4 is 11.9 Å². The summed E-state index contributed by atoms with van der Waals surface area (Å²) in [5.74, 6) is 0.112. The van der Waals surface area contributed by atoms with E-state index in [1.807, 2.05) is 4.90 Å². The summed E-state index contributed by atoms with van der Waals surface area (Å²) in [6.07, 6.45) is 3.52. The molecule has 6 nitrogen and oxygen atoms in total. The van der Waals surface area contributed by atoms with Crippen molar-refractivity contribution in [1.82, 2.24) is 10.1 Å². The number of ether oxygens (including phenoxy) is 1. The summed E-state index contributed by atoms with van der Waals surface area (Å²) < 4.78 is 24.4. The van der Waals surface area contributed by atoms with Crippen LogP contribution in [0, 0.1) is 17.2 Å². The normalized spacial score (nSPS) is 21.8. The van der Waals surface area contributed by atoms with Crippen molar-refractivity contribution in [3.05, 3.63) is 41.9 Å². The molecule has 154 valence electrons. The van der Waals surface area contributed by atoms with E-state index in [9.17, 15) is 14.0 Å². The number of nitrogens with zero attached hydrogens (tertiary/aromatic N) is 2. The second-order valence-corrected chi connectivity index (χ2v) is 8.00. The molecule has 2 aliphatic rings. The van der Waals surface area contributed by atoms with Crippen LogP contribution in [0.15, 0.2) is 34.9 Å². The number of carbonyl (C=O) groups excluding carboxylic acids is 2. The molecule has 7 heteroatoms. The predicted octanol–water partition coefficient (Wildman–Crippen LogP) is 3.61. The van der Waals surface area contributed by atoms with E-state index in [1.54, 1.807) is 25.1 Å². The molecule has 0 radical (unpaired) electrons. The molecule has 1 aliphatic heterocycles. The molecule has 0 N–H and O–H groups in total. The number of hydrogen-bond acceptors (Lipinski definition) is 5. The third-order valence-electron chi connectivity index (χ3n) is 5.72. The number of aromatic nitrogens is 1. The van der Waals surface area contributed by atoms with Gasteiger partial charge in [-0.05, 0) is 44.7 Å². The maximum Gasteiger partial charge on any atom is 0.314 e. The van der Waals surface area contributed by atoms with Gasteiger partial charge in [0.05, 0.1) is 12.0 Å². The van der Waals surface area contributed by atoms with E-state index >= 15 is 0 Å². The average molecular weight is 400 g/mol. The zero-order valence-corrected chi connectivity index (χ0v) is 16.5. The molecule has 1 unspecified atom stereocenters. The lowest BCUT2D eigenvalue weighted by atomic mass is 9.76. The zero-order valence-electron chi connectivity index (χ0n) is 16.5. The van der Waals surface area contributed by atoms with E-state index in [4.69, 9.17) is 9.26 Å². The Labute approximate surface area is 169 Å². The van der Waals surface area contributed by atoms with Crippen LogP contribution in [0.25, 0.3) is 11.3 Å². The number of hydrogen-bond donors (Lipinski definition) is 0. The lowest BCUT2D eigenvalue weighted by Crippen LogP contribution is -2.52. The summed E-state index contributed by atoms with van der Waals surface area (Å²) >= 11 is 0. The fraction of sp³-hybridized carbons (Fsp3) is 0.500. The predicted molar refractivity (Wildman–Crippen MR) is 103 cm³/mol. The Balaban J connectivity index is 1.57. The summed E-state index contributed by atoms with van der Waals surface area (Å²) in [7, 11) is 0. The topological polar surface area (TPSA) is 72.6 Å². The summed E-state index contributed by atoms with van der Waals surface area (Å²) in [4.78, 5) is 27.3. The van der Waals surface area contributed by atoms with Crippen LogP contribution in [-0.2, 0) is 20.7 Å². The van der Waals surface area contributed by atoms with Gasteiger partial charge < -0.3 is 14.2 Å². The lowest BCUT2D eigenvalue weighted by molar-refractivity contribution is -0.161. The minimum absolute atomic E-state index is 0.109. The van der Waals surface area contributed by atoms with E-state index in [1.165, 1.54) is 12.1 Å². The molecule has 2 heterocycles. The second kappa shape index (κ2) is 7.97. The van der Waals surface area contributed by atoms with Crippen molar-refractivity contribution in [2.24, 2.45) is 11.3 Å². The van der Waals surface area contributed by atoms with Gasteiger partial charge in [-0.3, -0.25) is 9.59 Å². The Kier molecular flexibility index (Phi) is 5.39. The van der Waals surface area contributed by atoms with E-state index in [2.05, 4.69) is 5.16 Å². The molecule has 0 spiro atoms. The minimum atomic E-state index is -0.850. The molecule has 1 amide bonds. The highest BCUT2D eigenvalue weighted by Crippen LogP contribution is 2.39. The number of piperidine rings is 1. The van der Waals surface area contributed by atoms with E-state index in [-0.39, 0.29) is 30.2 Å². The van der Waals surface area contributed by atoms with Crippen LogP contribution in [0.4, 0.5) is 4.39 Å². The van der Waals surface area contributed by atoms with Crippen molar-refractivity contribution in [3.63, 3.8) is 0 Å². The molecule has 1 saturated carbocycles. The largest absolute Gasteiger partial charge is 0.466 e. The number of carbonyl (C=O) groups is 2. The first-order valence-corrected chi connectivity index (χ1v) is 10.2. The van der Waals surface area contributed by atoms with Gasteiger partial charge in [-0.1, -0.05) is 17.3 Å². The number of benzene rings is 1. The van der Waals surface area contributed by atoms with Crippen LogP contribution in [-0.4, -0.2) is 41.6 Å². The molecule has 1 aliphatic carbocycles. The van der Waals surface area contributed by atoms with Gasteiger partial charge in [-0.25, -0.2) is 4.39 Å². The quantitative estimate of drug-likeness (QED) is 0.693. The first-order chi connectivity index (χ1) is 14.0. The maximum absolute atomic E-state index is 13.5. The monoisotopic (exact) mass is 400 g/mol. The highest BCUT2D eigenvalue weighted by atomic mass is 19.1. The highest BCUT2D eigenvalue weighted by molar-refractivity contribution is 5.83. The van der Waals surface area contributed by atoms with E-state index < -0.39 is 5.41 Å². The summed E-state index contributed by atoms with van der Waals surface area (Å²) in [5, 5.41) is 4.05. The van der Waals surface area contributed by atoms with Gasteiger partial charge in [-0.15, -0.1) is 0 Å².